The number of nitrogens with two attached hydrogens (primary N) is 1. The summed E-state index contributed by atoms with van der Waals surface area (Å²) in [7, 11) is 0. The van der Waals surface area contributed by atoms with Crippen LogP contribution >= 0.6 is 0 Å². The molecule has 0 aliphatic carbocycles. The molecule has 0 fully saturated rings. The van der Waals surface area contributed by atoms with Gasteiger partial charge in [-0.25, -0.2) is 0 Å². The summed E-state index contributed by atoms with van der Waals surface area (Å²) in [5, 5.41) is 5.65. The lowest BCUT2D eigenvalue weighted by Crippen LogP contribution is -2.14. The highest BCUT2D eigenvalue weighted by Crippen LogP contribution is 2.21. The van der Waals surface area contributed by atoms with E-state index in [0.717, 1.165) is 12.0 Å². The standard InChI is InChI=1S/C23H24N4O2/c1-16(18-5-4-14-25-15-18)8-13-22(28)26-19-11-9-17(10-12-19)23(29)27-21-7-3-2-6-20(21)24/h2-7,9-12,14-16H,8,13,24H2,1H3,(H,26,28)(H,27,29). The Hall–Kier alpha value is -3.67. The maximum Gasteiger partial charge on any atom is 0.255 e. The van der Waals surface area contributed by atoms with Gasteiger partial charge < -0.3 is 16.4 Å². The smallest absolute Gasteiger partial charge is 0.255 e. The fourth-order valence-corrected chi connectivity index (χ4v) is 2.92. The van der Waals surface area contributed by atoms with E-state index in [1.807, 2.05) is 18.3 Å². The number of benzene rings is 2. The van der Waals surface area contributed by atoms with Gasteiger partial charge in [-0.1, -0.05) is 25.1 Å². The van der Waals surface area contributed by atoms with Crippen molar-refractivity contribution in [1.29, 1.82) is 0 Å². The number of nitrogen functional groups attached to an aromatic ring is 1. The number of hydrogen-bond acceptors (Lipinski definition) is 4. The van der Waals surface area contributed by atoms with Gasteiger partial charge in [0.05, 0.1) is 11.4 Å². The summed E-state index contributed by atoms with van der Waals surface area (Å²) in [5.41, 5.74) is 9.17. The fourth-order valence-electron chi connectivity index (χ4n) is 2.92. The van der Waals surface area contributed by atoms with Crippen molar-refractivity contribution in [3.8, 4) is 0 Å². The molecule has 29 heavy (non-hydrogen) atoms. The number of anilines is 3. The van der Waals surface area contributed by atoms with Gasteiger partial charge >= 0.3 is 0 Å². The van der Waals surface area contributed by atoms with Crippen molar-refractivity contribution < 1.29 is 9.59 Å². The topological polar surface area (TPSA) is 97.1 Å². The summed E-state index contributed by atoms with van der Waals surface area (Å²) in [6.45, 7) is 2.08. The number of para-hydroxylation sites is 2. The highest BCUT2D eigenvalue weighted by Gasteiger charge is 2.11. The van der Waals surface area contributed by atoms with Crippen LogP contribution in [0.15, 0.2) is 73.1 Å². The van der Waals surface area contributed by atoms with E-state index < -0.39 is 0 Å². The Morgan fingerprint density at radius 2 is 1.76 bits per heavy atom. The highest BCUT2D eigenvalue weighted by atomic mass is 16.2. The number of carbonyl (C=O) groups is 2. The number of amides is 2. The molecule has 148 valence electrons. The third-order valence-electron chi connectivity index (χ3n) is 4.70. The zero-order valence-electron chi connectivity index (χ0n) is 16.3. The lowest BCUT2D eigenvalue weighted by molar-refractivity contribution is -0.116. The number of rotatable bonds is 7. The summed E-state index contributed by atoms with van der Waals surface area (Å²) in [6, 6.07) is 17.8. The van der Waals surface area contributed by atoms with Gasteiger partial charge in [-0.15, -0.1) is 0 Å². The van der Waals surface area contributed by atoms with Crippen LogP contribution in [0.4, 0.5) is 17.1 Å². The Morgan fingerprint density at radius 1 is 1.00 bits per heavy atom. The van der Waals surface area contributed by atoms with Crippen LogP contribution in [0.1, 0.15) is 41.6 Å². The van der Waals surface area contributed by atoms with Gasteiger partial charge in [-0.2, -0.15) is 0 Å². The van der Waals surface area contributed by atoms with Crippen LogP contribution in [0.2, 0.25) is 0 Å². The summed E-state index contributed by atoms with van der Waals surface area (Å²) < 4.78 is 0. The number of pyridine rings is 1. The Kier molecular flexibility index (Phi) is 6.58. The zero-order valence-corrected chi connectivity index (χ0v) is 16.3. The molecule has 1 unspecified atom stereocenters. The molecule has 0 bridgehead atoms. The van der Waals surface area contributed by atoms with Crippen molar-refractivity contribution in [3.63, 3.8) is 0 Å². The zero-order chi connectivity index (χ0) is 20.6. The Balaban J connectivity index is 1.51. The average Bonchev–Trinajstić information content (AvgIpc) is 2.75. The SMILES string of the molecule is CC(CCC(=O)Nc1ccc(C(=O)Nc2ccccc2N)cc1)c1cccnc1. The first-order valence-corrected chi connectivity index (χ1v) is 9.48. The Morgan fingerprint density at radius 3 is 2.45 bits per heavy atom. The summed E-state index contributed by atoms with van der Waals surface area (Å²) in [5.74, 6) is -0.0629. The quantitative estimate of drug-likeness (QED) is 0.521. The van der Waals surface area contributed by atoms with Crippen molar-refractivity contribution in [3.05, 3.63) is 84.2 Å². The van der Waals surface area contributed by atoms with Crippen LogP contribution < -0.4 is 16.4 Å². The van der Waals surface area contributed by atoms with Crippen molar-refractivity contribution in [1.82, 2.24) is 4.98 Å². The minimum Gasteiger partial charge on any atom is -0.397 e. The average molecular weight is 388 g/mol. The second-order valence-electron chi connectivity index (χ2n) is 6.89. The molecule has 0 aliphatic heterocycles. The van der Waals surface area contributed by atoms with Gasteiger partial charge in [0.25, 0.3) is 5.91 Å². The van der Waals surface area contributed by atoms with E-state index in [2.05, 4.69) is 22.5 Å². The van der Waals surface area contributed by atoms with Crippen LogP contribution in [-0.4, -0.2) is 16.8 Å². The number of nitrogens with zero attached hydrogens (tertiary/aromatic N) is 1. The minimum atomic E-state index is -0.258. The largest absolute Gasteiger partial charge is 0.397 e. The number of hydrogen-bond donors (Lipinski definition) is 3. The third-order valence-corrected chi connectivity index (χ3v) is 4.70. The van der Waals surface area contributed by atoms with Gasteiger partial charge in [0.15, 0.2) is 0 Å². The molecule has 0 saturated carbocycles. The molecular formula is C23H24N4O2. The van der Waals surface area contributed by atoms with Gasteiger partial charge in [-0.05, 0) is 60.4 Å². The lowest BCUT2D eigenvalue weighted by atomic mass is 9.98. The van der Waals surface area contributed by atoms with E-state index in [9.17, 15) is 9.59 Å². The number of aromatic nitrogens is 1. The normalized spacial score (nSPS) is 11.5. The first-order valence-electron chi connectivity index (χ1n) is 9.48. The predicted molar refractivity (Wildman–Crippen MR) is 116 cm³/mol. The van der Waals surface area contributed by atoms with E-state index in [-0.39, 0.29) is 17.7 Å². The van der Waals surface area contributed by atoms with Crippen LogP contribution in [0, 0.1) is 0 Å². The maximum atomic E-state index is 12.4. The molecule has 4 N–H and O–H groups in total. The predicted octanol–water partition coefficient (Wildman–Crippen LogP) is 4.44. The van der Waals surface area contributed by atoms with Gasteiger partial charge in [0.2, 0.25) is 5.91 Å². The second kappa shape index (κ2) is 9.50. The fraction of sp³-hybridized carbons (Fsp3) is 0.174. The monoisotopic (exact) mass is 388 g/mol. The lowest BCUT2D eigenvalue weighted by Gasteiger charge is -2.12. The van der Waals surface area contributed by atoms with Gasteiger partial charge in [0.1, 0.15) is 0 Å². The summed E-state index contributed by atoms with van der Waals surface area (Å²) in [4.78, 5) is 28.7. The van der Waals surface area contributed by atoms with E-state index in [1.54, 1.807) is 54.7 Å². The van der Waals surface area contributed by atoms with Gasteiger partial charge in [0, 0.05) is 30.1 Å². The highest BCUT2D eigenvalue weighted by molar-refractivity contribution is 6.06. The second-order valence-corrected chi connectivity index (χ2v) is 6.89. The molecule has 0 saturated heterocycles. The molecular weight excluding hydrogens is 364 g/mol. The Bertz CT molecular complexity index is 972. The molecule has 2 aromatic carbocycles. The third kappa shape index (κ3) is 5.65. The van der Waals surface area contributed by atoms with Crippen LogP contribution in [0.3, 0.4) is 0 Å². The molecule has 0 aliphatic rings. The first-order chi connectivity index (χ1) is 14.0. The van der Waals surface area contributed by atoms with E-state index >= 15 is 0 Å². The van der Waals surface area contributed by atoms with E-state index in [4.69, 9.17) is 5.73 Å². The molecule has 2 amide bonds. The van der Waals surface area contributed by atoms with Gasteiger partial charge in [-0.3, -0.25) is 14.6 Å². The van der Waals surface area contributed by atoms with E-state index in [0.29, 0.717) is 29.0 Å². The van der Waals surface area contributed by atoms with Crippen molar-refractivity contribution in [2.24, 2.45) is 0 Å². The molecule has 1 heterocycles. The number of carbonyl (C=O) groups excluding carboxylic acids is 2. The molecule has 6 nitrogen and oxygen atoms in total. The molecule has 1 aromatic heterocycles. The van der Waals surface area contributed by atoms with Crippen molar-refractivity contribution >= 4 is 28.9 Å². The molecule has 3 aromatic rings. The summed E-state index contributed by atoms with van der Waals surface area (Å²) in [6.07, 6.45) is 4.71. The molecule has 0 radical (unpaired) electrons. The van der Waals surface area contributed by atoms with E-state index in [1.165, 1.54) is 0 Å². The first kappa shape index (κ1) is 20.1. The maximum absolute atomic E-state index is 12.4. The van der Waals surface area contributed by atoms with Crippen LogP contribution in [0.5, 0.6) is 0 Å². The molecule has 1 atom stereocenters. The summed E-state index contributed by atoms with van der Waals surface area (Å²) >= 11 is 0. The Labute approximate surface area is 170 Å². The van der Waals surface area contributed by atoms with Crippen LogP contribution in [0.25, 0.3) is 0 Å². The number of nitrogens with one attached hydrogen (secondary N) is 2. The molecule has 3 rings (SSSR count). The van der Waals surface area contributed by atoms with Crippen molar-refractivity contribution in [2.45, 2.75) is 25.7 Å². The molecule has 0 spiro atoms. The van der Waals surface area contributed by atoms with Crippen LogP contribution in [-0.2, 0) is 4.79 Å². The van der Waals surface area contributed by atoms with Crippen molar-refractivity contribution in [2.75, 3.05) is 16.4 Å². The minimum absolute atomic E-state index is 0.0602. The molecule has 6 heteroatoms.